The maximum atomic E-state index is 11.9. The molecule has 1 aromatic carbocycles. The van der Waals surface area contributed by atoms with E-state index in [-0.39, 0.29) is 23.0 Å². The van der Waals surface area contributed by atoms with Crippen molar-refractivity contribution in [2.75, 3.05) is 13.2 Å². The number of carbonyl (C=O) groups is 1. The third kappa shape index (κ3) is 4.70. The highest BCUT2D eigenvalue weighted by atomic mass is 35.5. The summed E-state index contributed by atoms with van der Waals surface area (Å²) >= 11 is 6.08. The Morgan fingerprint density at radius 3 is 2.78 bits per heavy atom. The fourth-order valence-corrected chi connectivity index (χ4v) is 2.81. The zero-order chi connectivity index (χ0) is 19.4. The summed E-state index contributed by atoms with van der Waals surface area (Å²) in [6.07, 6.45) is 1.35. The molecule has 1 saturated heterocycles. The van der Waals surface area contributed by atoms with E-state index in [0.29, 0.717) is 30.3 Å². The topological polar surface area (TPSA) is 116 Å². The van der Waals surface area contributed by atoms with Crippen molar-refractivity contribution in [3.05, 3.63) is 51.2 Å². The Kier molecular flexibility index (Phi) is 5.54. The molecule has 1 aromatic heterocycles. The quantitative estimate of drug-likeness (QED) is 0.458. The number of non-ortho nitro benzene ring substituents is 1. The van der Waals surface area contributed by atoms with Gasteiger partial charge in [0, 0.05) is 17.7 Å². The van der Waals surface area contributed by atoms with E-state index >= 15 is 0 Å². The Labute approximate surface area is 159 Å². The Morgan fingerprint density at radius 2 is 2.11 bits per heavy atom. The molecule has 27 heavy (non-hydrogen) atoms. The van der Waals surface area contributed by atoms with Crippen molar-refractivity contribution in [3.63, 3.8) is 0 Å². The summed E-state index contributed by atoms with van der Waals surface area (Å²) in [4.78, 5) is 22.1. The predicted octanol–water partition coefficient (Wildman–Crippen LogP) is 3.11. The van der Waals surface area contributed by atoms with Gasteiger partial charge in [0.15, 0.2) is 5.79 Å². The number of amides is 1. The van der Waals surface area contributed by atoms with E-state index in [2.05, 4.69) is 10.5 Å². The molecule has 1 aliphatic heterocycles. The lowest BCUT2D eigenvalue weighted by atomic mass is 10.1. The van der Waals surface area contributed by atoms with Crippen LogP contribution in [0.5, 0.6) is 0 Å². The van der Waals surface area contributed by atoms with Crippen LogP contribution in [0.25, 0.3) is 11.3 Å². The van der Waals surface area contributed by atoms with Crippen LogP contribution in [0, 0.1) is 10.1 Å². The van der Waals surface area contributed by atoms with Gasteiger partial charge in [0.25, 0.3) is 5.69 Å². The van der Waals surface area contributed by atoms with Crippen molar-refractivity contribution in [1.82, 2.24) is 5.43 Å². The van der Waals surface area contributed by atoms with Crippen molar-refractivity contribution in [2.45, 2.75) is 19.1 Å². The summed E-state index contributed by atoms with van der Waals surface area (Å²) in [5, 5.41) is 14.8. The van der Waals surface area contributed by atoms with Crippen molar-refractivity contribution in [2.24, 2.45) is 5.10 Å². The summed E-state index contributed by atoms with van der Waals surface area (Å²) in [5.41, 5.74) is 2.77. The molecule has 1 fully saturated rings. The molecule has 0 radical (unpaired) electrons. The van der Waals surface area contributed by atoms with Gasteiger partial charge in [0.05, 0.1) is 35.8 Å². The Bertz CT molecular complexity index is 889. The lowest BCUT2D eigenvalue weighted by Crippen LogP contribution is -2.33. The predicted molar refractivity (Wildman–Crippen MR) is 96.5 cm³/mol. The van der Waals surface area contributed by atoms with Gasteiger partial charge >= 0.3 is 0 Å². The SMILES string of the molecule is CC1(CC(=O)N/N=C/c2ccc(-c3ccc([N+](=O)[O-])cc3Cl)o2)OCCO1. The fourth-order valence-electron chi connectivity index (χ4n) is 2.54. The number of hydrazone groups is 1. The number of hydrogen-bond donors (Lipinski definition) is 1. The second-order valence-electron chi connectivity index (χ2n) is 5.92. The standard InChI is InChI=1S/C17H16ClN3O6/c1-17(25-6-7-26-17)9-16(22)20-19-10-12-3-5-15(27-12)13-4-2-11(21(23)24)8-14(13)18/h2-5,8,10H,6-7,9H2,1H3,(H,20,22)/b19-10+. The van der Waals surface area contributed by atoms with E-state index in [1.165, 1.54) is 24.4 Å². The third-order valence-electron chi connectivity index (χ3n) is 3.82. The van der Waals surface area contributed by atoms with Crippen LogP contribution in [0.3, 0.4) is 0 Å². The summed E-state index contributed by atoms with van der Waals surface area (Å²) < 4.78 is 16.3. The number of nitro groups is 1. The Hall–Kier alpha value is -2.75. The number of halogens is 1. The smallest absolute Gasteiger partial charge is 0.270 e. The molecule has 0 saturated carbocycles. The zero-order valence-corrected chi connectivity index (χ0v) is 15.1. The highest BCUT2D eigenvalue weighted by molar-refractivity contribution is 6.33. The minimum Gasteiger partial charge on any atom is -0.455 e. The molecule has 0 bridgehead atoms. The van der Waals surface area contributed by atoms with E-state index < -0.39 is 10.7 Å². The lowest BCUT2D eigenvalue weighted by Gasteiger charge is -2.20. The van der Waals surface area contributed by atoms with Crippen LogP contribution in [0.2, 0.25) is 5.02 Å². The number of hydrogen-bond acceptors (Lipinski definition) is 7. The van der Waals surface area contributed by atoms with E-state index in [0.717, 1.165) is 0 Å². The van der Waals surface area contributed by atoms with Crippen LogP contribution >= 0.6 is 11.6 Å². The third-order valence-corrected chi connectivity index (χ3v) is 4.13. The van der Waals surface area contributed by atoms with Crippen LogP contribution in [-0.2, 0) is 14.3 Å². The van der Waals surface area contributed by atoms with Crippen molar-refractivity contribution < 1.29 is 23.6 Å². The summed E-state index contributed by atoms with van der Waals surface area (Å²) in [7, 11) is 0. The van der Waals surface area contributed by atoms with E-state index in [4.69, 9.17) is 25.5 Å². The van der Waals surface area contributed by atoms with E-state index in [9.17, 15) is 14.9 Å². The van der Waals surface area contributed by atoms with Gasteiger partial charge in [-0.1, -0.05) is 11.6 Å². The van der Waals surface area contributed by atoms with Crippen LogP contribution < -0.4 is 5.43 Å². The molecular weight excluding hydrogens is 378 g/mol. The van der Waals surface area contributed by atoms with E-state index in [1.54, 1.807) is 19.1 Å². The highest BCUT2D eigenvalue weighted by Crippen LogP contribution is 2.32. The van der Waals surface area contributed by atoms with Crippen LogP contribution in [0.1, 0.15) is 19.1 Å². The van der Waals surface area contributed by atoms with Crippen molar-refractivity contribution in [1.29, 1.82) is 0 Å². The first-order valence-electron chi connectivity index (χ1n) is 8.00. The first-order chi connectivity index (χ1) is 12.9. The van der Waals surface area contributed by atoms with Gasteiger partial charge in [-0.2, -0.15) is 5.10 Å². The molecule has 2 heterocycles. The van der Waals surface area contributed by atoms with Gasteiger partial charge < -0.3 is 13.9 Å². The molecule has 2 aromatic rings. The molecule has 3 rings (SSSR count). The van der Waals surface area contributed by atoms with Crippen LogP contribution in [0.4, 0.5) is 5.69 Å². The molecule has 0 aliphatic carbocycles. The average molecular weight is 394 g/mol. The second-order valence-corrected chi connectivity index (χ2v) is 6.33. The molecule has 0 atom stereocenters. The average Bonchev–Trinajstić information content (AvgIpc) is 3.24. The molecule has 9 nitrogen and oxygen atoms in total. The minimum absolute atomic E-state index is 0.0200. The highest BCUT2D eigenvalue weighted by Gasteiger charge is 2.33. The largest absolute Gasteiger partial charge is 0.455 e. The van der Waals surface area contributed by atoms with Crippen molar-refractivity contribution in [3.8, 4) is 11.3 Å². The number of ether oxygens (including phenoxy) is 2. The van der Waals surface area contributed by atoms with Crippen LogP contribution in [-0.4, -0.2) is 36.0 Å². The molecular formula is C17H16ClN3O6. The van der Waals surface area contributed by atoms with Gasteiger partial charge in [-0.15, -0.1) is 0 Å². The number of nitrogens with one attached hydrogen (secondary N) is 1. The van der Waals surface area contributed by atoms with Crippen LogP contribution in [0.15, 0.2) is 39.9 Å². The Morgan fingerprint density at radius 1 is 1.37 bits per heavy atom. The van der Waals surface area contributed by atoms with Gasteiger partial charge in [0.1, 0.15) is 11.5 Å². The Balaban J connectivity index is 1.61. The molecule has 1 N–H and O–H groups in total. The van der Waals surface area contributed by atoms with E-state index in [1.807, 2.05) is 0 Å². The van der Waals surface area contributed by atoms with Crippen molar-refractivity contribution >= 4 is 29.4 Å². The second kappa shape index (κ2) is 7.87. The summed E-state index contributed by atoms with van der Waals surface area (Å²) in [6, 6.07) is 7.38. The summed E-state index contributed by atoms with van der Waals surface area (Å²) in [6.45, 7) is 2.59. The first-order valence-corrected chi connectivity index (χ1v) is 8.38. The summed E-state index contributed by atoms with van der Waals surface area (Å²) in [5.74, 6) is -0.493. The van der Waals surface area contributed by atoms with Gasteiger partial charge in [0.2, 0.25) is 5.91 Å². The van der Waals surface area contributed by atoms with Gasteiger partial charge in [-0.25, -0.2) is 5.43 Å². The molecule has 0 spiro atoms. The zero-order valence-electron chi connectivity index (χ0n) is 14.3. The number of benzene rings is 1. The minimum atomic E-state index is -0.926. The van der Waals surface area contributed by atoms with Gasteiger partial charge in [-0.05, 0) is 25.1 Å². The first kappa shape index (κ1) is 19.0. The number of nitro benzene ring substituents is 1. The fraction of sp³-hybridized carbons (Fsp3) is 0.294. The maximum Gasteiger partial charge on any atom is 0.270 e. The number of carbonyl (C=O) groups excluding carboxylic acids is 1. The molecule has 1 aliphatic rings. The van der Waals surface area contributed by atoms with Gasteiger partial charge in [-0.3, -0.25) is 14.9 Å². The molecule has 142 valence electrons. The number of nitrogens with zero attached hydrogens (tertiary/aromatic N) is 2. The normalized spacial score (nSPS) is 15.9. The lowest BCUT2D eigenvalue weighted by molar-refractivity contribution is -0.384. The number of furan rings is 1. The monoisotopic (exact) mass is 393 g/mol. The molecule has 10 heteroatoms. The molecule has 0 unspecified atom stereocenters. The molecule has 1 amide bonds. The number of rotatable bonds is 6. The maximum absolute atomic E-state index is 11.9.